The number of carbonyl (C=O) groups excluding carboxylic acids is 2. The Labute approximate surface area is 169 Å². The summed E-state index contributed by atoms with van der Waals surface area (Å²) in [4.78, 5) is 31.6. The number of pyridine rings is 1. The zero-order valence-electron chi connectivity index (χ0n) is 15.7. The Balaban J connectivity index is 1.57. The predicted octanol–water partition coefficient (Wildman–Crippen LogP) is 4.37. The molecule has 5 heteroatoms. The van der Waals surface area contributed by atoms with Crippen molar-refractivity contribution in [1.29, 1.82) is 0 Å². The Hall–Kier alpha value is -2.92. The Morgan fingerprint density at radius 1 is 0.929 bits per heavy atom. The minimum Gasteiger partial charge on any atom is -0.341 e. The van der Waals surface area contributed by atoms with E-state index in [-0.39, 0.29) is 11.7 Å². The van der Waals surface area contributed by atoms with Gasteiger partial charge in [0.25, 0.3) is 5.91 Å². The highest BCUT2D eigenvalue weighted by atomic mass is 32.2. The smallest absolute Gasteiger partial charge is 0.253 e. The molecular weight excluding hydrogens is 368 g/mol. The van der Waals surface area contributed by atoms with Crippen LogP contribution in [-0.2, 0) is 6.42 Å². The number of likely N-dealkylation sites (N-methyl/N-ethyl adjacent to an activating group) is 1. The molecule has 4 nitrogen and oxygen atoms in total. The summed E-state index contributed by atoms with van der Waals surface area (Å²) in [5.74, 6) is 0.405. The number of thioether (sulfide) groups is 1. The molecule has 0 spiro atoms. The molecule has 0 saturated heterocycles. The van der Waals surface area contributed by atoms with Gasteiger partial charge in [0.1, 0.15) is 0 Å². The summed E-state index contributed by atoms with van der Waals surface area (Å²) in [7, 11) is 1.81. The fourth-order valence-corrected chi connectivity index (χ4v) is 3.59. The average Bonchev–Trinajstić information content (AvgIpc) is 2.76. The third-order valence-electron chi connectivity index (χ3n) is 4.38. The number of carbonyl (C=O) groups is 2. The molecule has 0 bridgehead atoms. The number of hydrogen-bond acceptors (Lipinski definition) is 4. The van der Waals surface area contributed by atoms with Gasteiger partial charge in [-0.25, -0.2) is 0 Å². The molecular formula is C23H22N2O2S. The summed E-state index contributed by atoms with van der Waals surface area (Å²) in [6.07, 6.45) is 4.30. The fraction of sp³-hybridized carbons (Fsp3) is 0.174. The highest BCUT2D eigenvalue weighted by molar-refractivity contribution is 8.00. The molecule has 0 aliphatic rings. The zero-order chi connectivity index (χ0) is 19.8. The van der Waals surface area contributed by atoms with E-state index in [1.165, 1.54) is 11.8 Å². The molecule has 2 aromatic carbocycles. The Kier molecular flexibility index (Phi) is 6.98. The first-order chi connectivity index (χ1) is 13.6. The van der Waals surface area contributed by atoms with Crippen molar-refractivity contribution in [3.63, 3.8) is 0 Å². The molecule has 0 saturated carbocycles. The Morgan fingerprint density at radius 3 is 2.39 bits per heavy atom. The second-order valence-electron chi connectivity index (χ2n) is 6.44. The van der Waals surface area contributed by atoms with Gasteiger partial charge in [-0.2, -0.15) is 0 Å². The van der Waals surface area contributed by atoms with Crippen LogP contribution in [0.25, 0.3) is 0 Å². The SMILES string of the molecule is CN(CCc1ccncc1)C(=O)c1cccc(SCC(=O)c2ccccc2)c1. The maximum atomic E-state index is 12.7. The second-order valence-corrected chi connectivity index (χ2v) is 7.49. The van der Waals surface area contributed by atoms with Crippen LogP contribution >= 0.6 is 11.8 Å². The molecule has 0 aliphatic heterocycles. The number of rotatable bonds is 8. The number of hydrogen-bond donors (Lipinski definition) is 0. The lowest BCUT2D eigenvalue weighted by molar-refractivity contribution is 0.0796. The van der Waals surface area contributed by atoms with Gasteiger partial charge in [0.05, 0.1) is 5.75 Å². The van der Waals surface area contributed by atoms with Crippen LogP contribution in [0.15, 0.2) is 84.0 Å². The van der Waals surface area contributed by atoms with Gasteiger partial charge in [-0.05, 0) is 42.3 Å². The van der Waals surface area contributed by atoms with Crippen LogP contribution in [0, 0.1) is 0 Å². The fourth-order valence-electron chi connectivity index (χ4n) is 2.74. The van der Waals surface area contributed by atoms with Crippen molar-refractivity contribution >= 4 is 23.5 Å². The molecule has 0 fully saturated rings. The molecule has 1 heterocycles. The van der Waals surface area contributed by atoms with E-state index in [0.29, 0.717) is 23.4 Å². The molecule has 1 aromatic heterocycles. The van der Waals surface area contributed by atoms with E-state index in [2.05, 4.69) is 4.98 Å². The first kappa shape index (κ1) is 19.8. The summed E-state index contributed by atoms with van der Waals surface area (Å²) in [5.41, 5.74) is 2.49. The minimum atomic E-state index is -0.0223. The van der Waals surface area contributed by atoms with Gasteiger partial charge >= 0.3 is 0 Å². The van der Waals surface area contributed by atoms with Crippen LogP contribution in [0.2, 0.25) is 0 Å². The first-order valence-electron chi connectivity index (χ1n) is 9.09. The van der Waals surface area contributed by atoms with Crippen molar-refractivity contribution in [2.24, 2.45) is 0 Å². The molecule has 3 aromatic rings. The van der Waals surface area contributed by atoms with Gasteiger partial charge in [0, 0.05) is 42.0 Å². The summed E-state index contributed by atoms with van der Waals surface area (Å²) in [6.45, 7) is 0.632. The summed E-state index contributed by atoms with van der Waals surface area (Å²) < 4.78 is 0. The van der Waals surface area contributed by atoms with Crippen molar-refractivity contribution in [3.8, 4) is 0 Å². The molecule has 142 valence electrons. The van der Waals surface area contributed by atoms with Gasteiger partial charge in [-0.3, -0.25) is 14.6 Å². The Bertz CT molecular complexity index is 930. The number of ketones is 1. The molecule has 3 rings (SSSR count). The van der Waals surface area contributed by atoms with E-state index in [4.69, 9.17) is 0 Å². The predicted molar refractivity (Wildman–Crippen MR) is 113 cm³/mol. The first-order valence-corrected chi connectivity index (χ1v) is 10.1. The maximum absolute atomic E-state index is 12.7. The molecule has 1 amide bonds. The number of aromatic nitrogens is 1. The molecule has 0 radical (unpaired) electrons. The van der Waals surface area contributed by atoms with Crippen LogP contribution in [0.4, 0.5) is 0 Å². The van der Waals surface area contributed by atoms with Crippen LogP contribution in [-0.4, -0.2) is 40.9 Å². The van der Waals surface area contributed by atoms with E-state index < -0.39 is 0 Å². The zero-order valence-corrected chi connectivity index (χ0v) is 16.6. The van der Waals surface area contributed by atoms with Gasteiger partial charge < -0.3 is 4.90 Å². The van der Waals surface area contributed by atoms with E-state index >= 15 is 0 Å². The lowest BCUT2D eigenvalue weighted by atomic mass is 10.1. The minimum absolute atomic E-state index is 0.0223. The average molecular weight is 391 g/mol. The van der Waals surface area contributed by atoms with Crippen molar-refractivity contribution in [1.82, 2.24) is 9.88 Å². The molecule has 0 atom stereocenters. The normalized spacial score (nSPS) is 10.5. The number of benzene rings is 2. The highest BCUT2D eigenvalue weighted by Crippen LogP contribution is 2.21. The summed E-state index contributed by atoms with van der Waals surface area (Å²) >= 11 is 1.45. The molecule has 0 unspecified atom stereocenters. The van der Waals surface area contributed by atoms with Crippen LogP contribution in [0.3, 0.4) is 0 Å². The topological polar surface area (TPSA) is 50.3 Å². The lowest BCUT2D eigenvalue weighted by Crippen LogP contribution is -2.28. The highest BCUT2D eigenvalue weighted by Gasteiger charge is 2.13. The van der Waals surface area contributed by atoms with E-state index in [9.17, 15) is 9.59 Å². The maximum Gasteiger partial charge on any atom is 0.253 e. The van der Waals surface area contributed by atoms with Crippen molar-refractivity contribution < 1.29 is 9.59 Å². The third kappa shape index (κ3) is 5.54. The van der Waals surface area contributed by atoms with Crippen LogP contribution < -0.4 is 0 Å². The van der Waals surface area contributed by atoms with Crippen molar-refractivity contribution in [2.45, 2.75) is 11.3 Å². The van der Waals surface area contributed by atoms with E-state index in [0.717, 1.165) is 16.9 Å². The van der Waals surface area contributed by atoms with E-state index in [1.54, 1.807) is 17.3 Å². The monoisotopic (exact) mass is 390 g/mol. The Morgan fingerprint density at radius 2 is 1.64 bits per heavy atom. The number of nitrogens with zero attached hydrogens (tertiary/aromatic N) is 2. The summed E-state index contributed by atoms with van der Waals surface area (Å²) in [6, 6.07) is 20.6. The van der Waals surface area contributed by atoms with E-state index in [1.807, 2.05) is 73.8 Å². The van der Waals surface area contributed by atoms with Crippen LogP contribution in [0.1, 0.15) is 26.3 Å². The van der Waals surface area contributed by atoms with Crippen LogP contribution in [0.5, 0.6) is 0 Å². The molecule has 0 aliphatic carbocycles. The lowest BCUT2D eigenvalue weighted by Gasteiger charge is -2.17. The van der Waals surface area contributed by atoms with Gasteiger partial charge in [0.15, 0.2) is 5.78 Å². The standard InChI is InChI=1S/C23H22N2O2S/c1-25(15-12-18-10-13-24-14-11-18)23(27)20-8-5-9-21(16-20)28-17-22(26)19-6-3-2-4-7-19/h2-11,13-14,16H,12,15,17H2,1H3. The van der Waals surface area contributed by atoms with Crippen molar-refractivity contribution in [3.05, 3.63) is 95.8 Å². The van der Waals surface area contributed by atoms with Gasteiger partial charge in [0.2, 0.25) is 0 Å². The summed E-state index contributed by atoms with van der Waals surface area (Å²) in [5, 5.41) is 0. The molecule has 28 heavy (non-hydrogen) atoms. The van der Waals surface area contributed by atoms with Gasteiger partial charge in [-0.15, -0.1) is 11.8 Å². The van der Waals surface area contributed by atoms with Gasteiger partial charge in [-0.1, -0.05) is 36.4 Å². The third-order valence-corrected chi connectivity index (χ3v) is 5.37. The number of amides is 1. The second kappa shape index (κ2) is 9.85. The number of Topliss-reactive ketones (excluding diaryl/α,β-unsaturated/α-hetero) is 1. The largest absolute Gasteiger partial charge is 0.341 e. The molecule has 0 N–H and O–H groups in total. The van der Waals surface area contributed by atoms with Crippen molar-refractivity contribution in [2.75, 3.05) is 19.3 Å². The quantitative estimate of drug-likeness (QED) is 0.423.